The third-order valence-corrected chi connectivity index (χ3v) is 2.27. The molecule has 1 atom stereocenters. The Morgan fingerprint density at radius 3 is 2.75 bits per heavy atom. The van der Waals surface area contributed by atoms with E-state index < -0.39 is 0 Å². The molecule has 4 nitrogen and oxygen atoms in total. The first-order chi connectivity index (χ1) is 5.76. The number of nitrogens with one attached hydrogen (secondary N) is 2. The van der Waals surface area contributed by atoms with Crippen LogP contribution < -0.4 is 16.6 Å². The SMILES string of the molecule is CCC(CC1CC1)NC(=O)NN. The molecular formula is C8H17N3O. The highest BCUT2D eigenvalue weighted by Gasteiger charge is 2.25. The fourth-order valence-electron chi connectivity index (χ4n) is 1.31. The van der Waals surface area contributed by atoms with Gasteiger partial charge in [0.25, 0.3) is 0 Å². The molecule has 1 aliphatic carbocycles. The fraction of sp³-hybridized carbons (Fsp3) is 0.875. The highest BCUT2D eigenvalue weighted by Crippen LogP contribution is 2.33. The van der Waals surface area contributed by atoms with Crippen molar-refractivity contribution in [2.75, 3.05) is 0 Å². The first-order valence-corrected chi connectivity index (χ1v) is 4.53. The summed E-state index contributed by atoms with van der Waals surface area (Å²) in [4.78, 5) is 10.8. The van der Waals surface area contributed by atoms with E-state index in [1.807, 2.05) is 0 Å². The van der Waals surface area contributed by atoms with Crippen LogP contribution in [0.2, 0.25) is 0 Å². The standard InChI is InChI=1S/C8H17N3O/c1-2-7(5-6-3-4-6)10-8(12)11-9/h6-7H,2-5,9H2,1H3,(H2,10,11,12). The number of carbonyl (C=O) groups excluding carboxylic acids is 1. The monoisotopic (exact) mass is 171 g/mol. The lowest BCUT2D eigenvalue weighted by atomic mass is 10.1. The molecule has 0 spiro atoms. The second-order valence-electron chi connectivity index (χ2n) is 3.40. The van der Waals surface area contributed by atoms with Gasteiger partial charge in [-0.25, -0.2) is 10.6 Å². The zero-order valence-corrected chi connectivity index (χ0v) is 7.47. The van der Waals surface area contributed by atoms with E-state index in [-0.39, 0.29) is 6.03 Å². The van der Waals surface area contributed by atoms with Gasteiger partial charge in [0.15, 0.2) is 0 Å². The van der Waals surface area contributed by atoms with Crippen molar-refractivity contribution in [3.8, 4) is 0 Å². The second-order valence-corrected chi connectivity index (χ2v) is 3.40. The van der Waals surface area contributed by atoms with Crippen molar-refractivity contribution in [3.63, 3.8) is 0 Å². The second kappa shape index (κ2) is 4.30. The van der Waals surface area contributed by atoms with E-state index in [9.17, 15) is 4.79 Å². The van der Waals surface area contributed by atoms with Gasteiger partial charge in [-0.15, -0.1) is 0 Å². The van der Waals surface area contributed by atoms with Crippen molar-refractivity contribution in [2.45, 2.75) is 38.6 Å². The predicted molar refractivity (Wildman–Crippen MR) is 47.3 cm³/mol. The Balaban J connectivity index is 2.18. The number of amides is 2. The molecular weight excluding hydrogens is 154 g/mol. The summed E-state index contributed by atoms with van der Waals surface area (Å²) in [6.45, 7) is 2.07. The predicted octanol–water partition coefficient (Wildman–Crippen LogP) is 0.738. The summed E-state index contributed by atoms with van der Waals surface area (Å²) in [6.07, 6.45) is 4.72. The lowest BCUT2D eigenvalue weighted by molar-refractivity contribution is 0.235. The summed E-state index contributed by atoms with van der Waals surface area (Å²) in [6, 6.07) is 0.0172. The maximum Gasteiger partial charge on any atom is 0.329 e. The Hall–Kier alpha value is -0.770. The van der Waals surface area contributed by atoms with Crippen LogP contribution in [0.3, 0.4) is 0 Å². The minimum atomic E-state index is -0.275. The van der Waals surface area contributed by atoms with E-state index >= 15 is 0 Å². The highest BCUT2D eigenvalue weighted by molar-refractivity contribution is 5.73. The largest absolute Gasteiger partial charge is 0.334 e. The van der Waals surface area contributed by atoms with Crippen LogP contribution in [0.1, 0.15) is 32.6 Å². The molecule has 0 aliphatic heterocycles. The van der Waals surface area contributed by atoms with Gasteiger partial charge in [0.1, 0.15) is 0 Å². The van der Waals surface area contributed by atoms with Gasteiger partial charge in [-0.3, -0.25) is 5.43 Å². The molecule has 0 aromatic carbocycles. The fourth-order valence-corrected chi connectivity index (χ4v) is 1.31. The lowest BCUT2D eigenvalue weighted by Gasteiger charge is -2.15. The zero-order chi connectivity index (χ0) is 8.97. The van der Waals surface area contributed by atoms with Crippen LogP contribution in [0.15, 0.2) is 0 Å². The minimum absolute atomic E-state index is 0.275. The van der Waals surface area contributed by atoms with Crippen molar-refractivity contribution < 1.29 is 4.79 Å². The third kappa shape index (κ3) is 3.09. The van der Waals surface area contributed by atoms with E-state index in [0.29, 0.717) is 6.04 Å². The van der Waals surface area contributed by atoms with E-state index in [4.69, 9.17) is 5.84 Å². The molecule has 0 aromatic rings. The number of rotatable bonds is 4. The van der Waals surface area contributed by atoms with Crippen molar-refractivity contribution >= 4 is 6.03 Å². The smallest absolute Gasteiger partial charge is 0.329 e. The average Bonchev–Trinajstić information content (AvgIpc) is 2.86. The first-order valence-electron chi connectivity index (χ1n) is 4.53. The molecule has 1 fully saturated rings. The lowest BCUT2D eigenvalue weighted by Crippen LogP contribution is -2.45. The van der Waals surface area contributed by atoms with Crippen LogP contribution in [-0.4, -0.2) is 12.1 Å². The molecule has 0 aromatic heterocycles. The first kappa shape index (κ1) is 9.32. The molecule has 2 amide bonds. The van der Waals surface area contributed by atoms with Gasteiger partial charge in [-0.1, -0.05) is 19.8 Å². The number of hydrazine groups is 1. The Morgan fingerprint density at radius 2 is 2.33 bits per heavy atom. The molecule has 0 saturated heterocycles. The Labute approximate surface area is 72.9 Å². The van der Waals surface area contributed by atoms with Crippen LogP contribution in [0.5, 0.6) is 0 Å². The zero-order valence-electron chi connectivity index (χ0n) is 7.47. The van der Waals surface area contributed by atoms with Crippen molar-refractivity contribution in [2.24, 2.45) is 11.8 Å². The Bertz CT molecular complexity index is 156. The van der Waals surface area contributed by atoms with Gasteiger partial charge >= 0.3 is 6.03 Å². The van der Waals surface area contributed by atoms with Gasteiger partial charge in [-0.2, -0.15) is 0 Å². The Kier molecular flexibility index (Phi) is 3.34. The molecule has 1 unspecified atom stereocenters. The molecule has 1 rings (SSSR count). The van der Waals surface area contributed by atoms with Crippen LogP contribution in [0.25, 0.3) is 0 Å². The molecule has 70 valence electrons. The number of hydrogen-bond donors (Lipinski definition) is 3. The molecule has 4 N–H and O–H groups in total. The maximum absolute atomic E-state index is 10.8. The molecule has 0 bridgehead atoms. The number of hydrogen-bond acceptors (Lipinski definition) is 2. The maximum atomic E-state index is 10.8. The number of nitrogens with two attached hydrogens (primary N) is 1. The van der Waals surface area contributed by atoms with Gasteiger partial charge in [0, 0.05) is 6.04 Å². The van der Waals surface area contributed by atoms with Crippen LogP contribution in [0.4, 0.5) is 4.79 Å². The van der Waals surface area contributed by atoms with Crippen LogP contribution in [-0.2, 0) is 0 Å². The van der Waals surface area contributed by atoms with Gasteiger partial charge < -0.3 is 5.32 Å². The summed E-state index contributed by atoms with van der Waals surface area (Å²) in [5.41, 5.74) is 2.07. The summed E-state index contributed by atoms with van der Waals surface area (Å²) < 4.78 is 0. The number of carbonyl (C=O) groups is 1. The van der Waals surface area contributed by atoms with Gasteiger partial charge in [0.2, 0.25) is 0 Å². The van der Waals surface area contributed by atoms with E-state index in [2.05, 4.69) is 17.7 Å². The summed E-state index contributed by atoms with van der Waals surface area (Å²) in [5, 5.41) is 2.81. The Morgan fingerprint density at radius 1 is 1.67 bits per heavy atom. The molecule has 0 radical (unpaired) electrons. The molecule has 1 saturated carbocycles. The summed E-state index contributed by atoms with van der Waals surface area (Å²) >= 11 is 0. The summed E-state index contributed by atoms with van der Waals surface area (Å²) in [7, 11) is 0. The van der Waals surface area contributed by atoms with E-state index in [1.54, 1.807) is 0 Å². The van der Waals surface area contributed by atoms with Gasteiger partial charge in [-0.05, 0) is 18.8 Å². The topological polar surface area (TPSA) is 67.2 Å². The normalized spacial score (nSPS) is 18.5. The van der Waals surface area contributed by atoms with E-state index in [0.717, 1.165) is 18.8 Å². The minimum Gasteiger partial charge on any atom is -0.334 e. The quantitative estimate of drug-likeness (QED) is 0.332. The summed E-state index contributed by atoms with van der Waals surface area (Å²) in [5.74, 6) is 5.80. The van der Waals surface area contributed by atoms with Crippen LogP contribution in [0, 0.1) is 5.92 Å². The third-order valence-electron chi connectivity index (χ3n) is 2.27. The highest BCUT2D eigenvalue weighted by atomic mass is 16.2. The molecule has 1 aliphatic rings. The van der Waals surface area contributed by atoms with Crippen LogP contribution >= 0.6 is 0 Å². The van der Waals surface area contributed by atoms with Crippen molar-refractivity contribution in [1.82, 2.24) is 10.7 Å². The van der Waals surface area contributed by atoms with Gasteiger partial charge in [0.05, 0.1) is 0 Å². The molecule has 12 heavy (non-hydrogen) atoms. The average molecular weight is 171 g/mol. The molecule has 0 heterocycles. The van der Waals surface area contributed by atoms with E-state index in [1.165, 1.54) is 12.8 Å². The molecule has 4 heteroatoms. The van der Waals surface area contributed by atoms with Crippen molar-refractivity contribution in [3.05, 3.63) is 0 Å². The number of urea groups is 1. The van der Waals surface area contributed by atoms with Crippen molar-refractivity contribution in [1.29, 1.82) is 0 Å².